The van der Waals surface area contributed by atoms with E-state index in [9.17, 15) is 14.4 Å². The molecule has 3 aliphatic heterocycles. The maximum Gasteiger partial charge on any atom is 0.313 e. The summed E-state index contributed by atoms with van der Waals surface area (Å²) in [5.41, 5.74) is 4.13. The Hall–Kier alpha value is -3.39. The number of para-hydroxylation sites is 1. The Morgan fingerprint density at radius 1 is 1.12 bits per heavy atom. The van der Waals surface area contributed by atoms with Gasteiger partial charge in [-0.05, 0) is 55.0 Å². The van der Waals surface area contributed by atoms with Gasteiger partial charge in [-0.15, -0.1) is 0 Å². The molecule has 5 rings (SSSR count). The summed E-state index contributed by atoms with van der Waals surface area (Å²) in [4.78, 5) is 39.6. The van der Waals surface area contributed by atoms with Crippen molar-refractivity contribution in [1.82, 2.24) is 5.32 Å². The molecule has 0 aromatic heterocycles. The first-order valence-electron chi connectivity index (χ1n) is 11.8. The van der Waals surface area contributed by atoms with Gasteiger partial charge < -0.3 is 25.0 Å². The molecule has 0 aliphatic carbocycles. The van der Waals surface area contributed by atoms with E-state index in [0.29, 0.717) is 44.7 Å². The maximum absolute atomic E-state index is 12.8. The molecule has 1 fully saturated rings. The number of hydrogen-bond acceptors (Lipinski definition) is 5. The van der Waals surface area contributed by atoms with E-state index in [2.05, 4.69) is 10.6 Å². The Kier molecular flexibility index (Phi) is 6.00. The van der Waals surface area contributed by atoms with E-state index in [4.69, 9.17) is 9.47 Å². The molecule has 0 radical (unpaired) electrons. The van der Waals surface area contributed by atoms with Crippen LogP contribution in [-0.4, -0.2) is 51.1 Å². The lowest BCUT2D eigenvalue weighted by Crippen LogP contribution is -2.47. The summed E-state index contributed by atoms with van der Waals surface area (Å²) in [6.07, 6.45) is 3.51. The largest absolute Gasteiger partial charge is 0.496 e. The summed E-state index contributed by atoms with van der Waals surface area (Å²) in [6, 6.07) is 11.5. The first-order chi connectivity index (χ1) is 16.5. The van der Waals surface area contributed by atoms with E-state index in [1.807, 2.05) is 41.3 Å². The zero-order chi connectivity index (χ0) is 23.7. The number of carbonyl (C=O) groups excluding carboxylic acids is 3. The molecule has 34 heavy (non-hydrogen) atoms. The van der Waals surface area contributed by atoms with Crippen molar-refractivity contribution in [2.75, 3.05) is 43.6 Å². The summed E-state index contributed by atoms with van der Waals surface area (Å²) in [7, 11) is 1.63. The average molecular weight is 464 g/mol. The number of methoxy groups -OCH3 is 1. The van der Waals surface area contributed by atoms with E-state index in [1.165, 1.54) is 0 Å². The van der Waals surface area contributed by atoms with E-state index in [1.54, 1.807) is 7.11 Å². The highest BCUT2D eigenvalue weighted by molar-refractivity contribution is 6.39. The third kappa shape index (κ3) is 4.03. The number of nitrogens with zero attached hydrogens (tertiary/aromatic N) is 1. The Morgan fingerprint density at radius 2 is 1.88 bits per heavy atom. The van der Waals surface area contributed by atoms with Crippen LogP contribution in [0.2, 0.25) is 0 Å². The van der Waals surface area contributed by atoms with Crippen LogP contribution < -0.4 is 20.3 Å². The number of benzene rings is 2. The number of hydrogen-bond donors (Lipinski definition) is 2. The normalized spacial score (nSPS) is 18.3. The Balaban J connectivity index is 1.29. The summed E-state index contributed by atoms with van der Waals surface area (Å²) in [5, 5.41) is 5.58. The first kappa shape index (κ1) is 22.4. The molecule has 8 heteroatoms. The summed E-state index contributed by atoms with van der Waals surface area (Å²) in [5.74, 6) is -0.548. The van der Waals surface area contributed by atoms with Crippen molar-refractivity contribution in [1.29, 1.82) is 0 Å². The van der Waals surface area contributed by atoms with E-state index >= 15 is 0 Å². The Bertz CT molecular complexity index is 1140. The second kappa shape index (κ2) is 9.10. The number of nitrogens with one attached hydrogen (secondary N) is 2. The molecule has 2 N–H and O–H groups in total. The smallest absolute Gasteiger partial charge is 0.313 e. The van der Waals surface area contributed by atoms with Crippen LogP contribution in [0, 0.1) is 0 Å². The van der Waals surface area contributed by atoms with Gasteiger partial charge in [-0.3, -0.25) is 14.4 Å². The standard InChI is InChI=1S/C26H29N3O5/c1-33-21-7-3-2-6-20(21)26(8-11-34-12-9-26)16-27-24(31)25(32)28-19-13-17-5-4-10-29-22(30)15-18(14-19)23(17)29/h2-3,6-7,13-14H,4-5,8-12,15-16H2,1H3,(H,27,31)(H,28,32). The minimum atomic E-state index is -0.716. The van der Waals surface area contributed by atoms with Crippen molar-refractivity contribution in [2.24, 2.45) is 0 Å². The van der Waals surface area contributed by atoms with Gasteiger partial charge in [0, 0.05) is 43.0 Å². The van der Waals surface area contributed by atoms with Gasteiger partial charge in [0.1, 0.15) is 5.75 Å². The predicted octanol–water partition coefficient (Wildman–Crippen LogP) is 2.33. The van der Waals surface area contributed by atoms with Gasteiger partial charge in [-0.25, -0.2) is 0 Å². The topological polar surface area (TPSA) is 97.0 Å². The van der Waals surface area contributed by atoms with Crippen molar-refractivity contribution in [3.8, 4) is 5.75 Å². The average Bonchev–Trinajstić information content (AvgIpc) is 3.19. The SMILES string of the molecule is COc1ccccc1C1(CNC(=O)C(=O)Nc2cc3c4c(c2)CC(=O)N4CCC3)CCOCC1. The molecule has 0 spiro atoms. The van der Waals surface area contributed by atoms with Gasteiger partial charge in [0.05, 0.1) is 19.2 Å². The lowest BCUT2D eigenvalue weighted by Gasteiger charge is -2.38. The molecule has 1 saturated heterocycles. The molecule has 2 aromatic rings. The van der Waals surface area contributed by atoms with Gasteiger partial charge >= 0.3 is 11.8 Å². The summed E-state index contributed by atoms with van der Waals surface area (Å²) < 4.78 is 11.1. The quantitative estimate of drug-likeness (QED) is 0.664. The number of carbonyl (C=O) groups is 3. The molecule has 0 atom stereocenters. The summed E-state index contributed by atoms with van der Waals surface area (Å²) >= 11 is 0. The second-order valence-corrected chi connectivity index (χ2v) is 9.20. The maximum atomic E-state index is 12.8. The van der Waals surface area contributed by atoms with Crippen LogP contribution in [0.3, 0.4) is 0 Å². The zero-order valence-corrected chi connectivity index (χ0v) is 19.3. The molecule has 2 aromatic carbocycles. The minimum Gasteiger partial charge on any atom is -0.496 e. The number of amides is 3. The van der Waals surface area contributed by atoms with E-state index < -0.39 is 11.8 Å². The Labute approximate surface area is 198 Å². The fourth-order valence-corrected chi connectivity index (χ4v) is 5.46. The highest BCUT2D eigenvalue weighted by Crippen LogP contribution is 2.40. The monoisotopic (exact) mass is 463 g/mol. The van der Waals surface area contributed by atoms with E-state index in [0.717, 1.165) is 47.5 Å². The molecular formula is C26H29N3O5. The number of rotatable bonds is 5. The second-order valence-electron chi connectivity index (χ2n) is 9.20. The molecular weight excluding hydrogens is 434 g/mol. The van der Waals surface area contributed by atoms with Crippen LogP contribution in [0.25, 0.3) is 0 Å². The van der Waals surface area contributed by atoms with E-state index in [-0.39, 0.29) is 11.3 Å². The zero-order valence-electron chi connectivity index (χ0n) is 19.3. The van der Waals surface area contributed by atoms with Gasteiger partial charge in [-0.2, -0.15) is 0 Å². The number of anilines is 2. The molecule has 0 saturated carbocycles. The third-order valence-corrected chi connectivity index (χ3v) is 7.19. The van der Waals surface area contributed by atoms with Crippen molar-refractivity contribution < 1.29 is 23.9 Å². The molecule has 3 aliphatic rings. The van der Waals surface area contributed by atoms with Gasteiger partial charge in [0.15, 0.2) is 0 Å². The van der Waals surface area contributed by atoms with Crippen LogP contribution in [0.5, 0.6) is 5.75 Å². The third-order valence-electron chi connectivity index (χ3n) is 7.19. The first-order valence-corrected chi connectivity index (χ1v) is 11.8. The number of aryl methyl sites for hydroxylation is 1. The van der Waals surface area contributed by atoms with Crippen molar-refractivity contribution in [2.45, 2.75) is 37.5 Å². The van der Waals surface area contributed by atoms with Crippen molar-refractivity contribution in [3.63, 3.8) is 0 Å². The van der Waals surface area contributed by atoms with Crippen LogP contribution in [0.1, 0.15) is 36.0 Å². The van der Waals surface area contributed by atoms with Gasteiger partial charge in [0.25, 0.3) is 0 Å². The van der Waals surface area contributed by atoms with Crippen LogP contribution in [0.4, 0.5) is 11.4 Å². The van der Waals surface area contributed by atoms with Gasteiger partial charge in [0.2, 0.25) is 5.91 Å². The molecule has 3 heterocycles. The molecule has 178 valence electrons. The highest BCUT2D eigenvalue weighted by Gasteiger charge is 2.38. The molecule has 8 nitrogen and oxygen atoms in total. The highest BCUT2D eigenvalue weighted by atomic mass is 16.5. The van der Waals surface area contributed by atoms with Crippen LogP contribution >= 0.6 is 0 Å². The molecule has 3 amide bonds. The molecule has 0 unspecified atom stereocenters. The summed E-state index contributed by atoms with van der Waals surface area (Å²) in [6.45, 7) is 2.20. The number of ether oxygens (including phenoxy) is 2. The van der Waals surface area contributed by atoms with Crippen molar-refractivity contribution in [3.05, 3.63) is 53.1 Å². The fourth-order valence-electron chi connectivity index (χ4n) is 5.46. The minimum absolute atomic E-state index is 0.0928. The van der Waals surface area contributed by atoms with Crippen molar-refractivity contribution >= 4 is 29.1 Å². The lowest BCUT2D eigenvalue weighted by atomic mass is 9.73. The molecule has 0 bridgehead atoms. The predicted molar refractivity (Wildman–Crippen MR) is 127 cm³/mol. The van der Waals surface area contributed by atoms with Crippen LogP contribution in [-0.2, 0) is 37.4 Å². The Morgan fingerprint density at radius 3 is 2.68 bits per heavy atom. The van der Waals surface area contributed by atoms with Crippen LogP contribution in [0.15, 0.2) is 36.4 Å². The lowest BCUT2D eigenvalue weighted by molar-refractivity contribution is -0.136. The fraction of sp³-hybridized carbons (Fsp3) is 0.423. The van der Waals surface area contributed by atoms with Gasteiger partial charge in [-0.1, -0.05) is 18.2 Å².